The Morgan fingerprint density at radius 3 is 3.00 bits per heavy atom. The summed E-state index contributed by atoms with van der Waals surface area (Å²) < 4.78 is 7.59. The molecule has 1 aliphatic heterocycles. The first-order valence-electron chi connectivity index (χ1n) is 6.52. The summed E-state index contributed by atoms with van der Waals surface area (Å²) in [5.74, 6) is 1.96. The molecule has 0 aromatic carbocycles. The van der Waals surface area contributed by atoms with Crippen LogP contribution in [0.2, 0.25) is 0 Å². The van der Waals surface area contributed by atoms with Crippen LogP contribution in [0.25, 0.3) is 5.52 Å². The summed E-state index contributed by atoms with van der Waals surface area (Å²) in [4.78, 5) is 7.01. The van der Waals surface area contributed by atoms with Gasteiger partial charge in [-0.3, -0.25) is 9.30 Å². The number of aromatic nitrogens is 2. The van der Waals surface area contributed by atoms with Gasteiger partial charge in [-0.25, -0.2) is 4.98 Å². The third kappa shape index (κ3) is 1.77. The number of hydrogen-bond donors (Lipinski definition) is 0. The molecular formula is C14H19N3O. The number of nitrogens with zero attached hydrogens (tertiary/aromatic N) is 3. The average molecular weight is 245 g/mol. The first kappa shape index (κ1) is 11.5. The first-order chi connectivity index (χ1) is 8.81. The summed E-state index contributed by atoms with van der Waals surface area (Å²) in [6.45, 7) is 1.15. The van der Waals surface area contributed by atoms with Gasteiger partial charge in [-0.05, 0) is 38.6 Å². The smallest absolute Gasteiger partial charge is 0.199 e. The highest BCUT2D eigenvalue weighted by Gasteiger charge is 2.25. The van der Waals surface area contributed by atoms with E-state index >= 15 is 0 Å². The maximum Gasteiger partial charge on any atom is 0.199 e. The Balaban J connectivity index is 2.11. The van der Waals surface area contributed by atoms with E-state index in [1.165, 1.54) is 19.3 Å². The van der Waals surface area contributed by atoms with Crippen LogP contribution in [-0.4, -0.2) is 35.0 Å². The molecule has 0 amide bonds. The lowest BCUT2D eigenvalue weighted by atomic mass is 10.0. The second kappa shape index (κ2) is 4.61. The van der Waals surface area contributed by atoms with E-state index in [-0.39, 0.29) is 0 Å². The van der Waals surface area contributed by atoms with Gasteiger partial charge < -0.3 is 4.74 Å². The molecule has 2 aromatic heterocycles. The number of imidazole rings is 1. The third-order valence-corrected chi connectivity index (χ3v) is 3.82. The van der Waals surface area contributed by atoms with Crippen LogP contribution in [-0.2, 0) is 0 Å². The molecule has 3 heterocycles. The lowest BCUT2D eigenvalue weighted by molar-refractivity contribution is 0.178. The maximum absolute atomic E-state index is 5.46. The fourth-order valence-corrected chi connectivity index (χ4v) is 2.84. The SMILES string of the molecule is COc1cccc2cnc(C3CCCCN3C)n12. The van der Waals surface area contributed by atoms with Gasteiger partial charge in [-0.1, -0.05) is 12.5 Å². The van der Waals surface area contributed by atoms with E-state index in [2.05, 4.69) is 27.4 Å². The van der Waals surface area contributed by atoms with Crippen LogP contribution < -0.4 is 4.74 Å². The van der Waals surface area contributed by atoms with Gasteiger partial charge in [0.25, 0.3) is 0 Å². The van der Waals surface area contributed by atoms with Crippen molar-refractivity contribution in [2.75, 3.05) is 20.7 Å². The lowest BCUT2D eigenvalue weighted by Gasteiger charge is -2.31. The Bertz CT molecular complexity index is 549. The fourth-order valence-electron chi connectivity index (χ4n) is 2.84. The molecule has 2 aromatic rings. The van der Waals surface area contributed by atoms with Gasteiger partial charge in [-0.15, -0.1) is 0 Å². The molecule has 1 aliphatic rings. The standard InChI is InChI=1S/C14H19N3O/c1-16-9-4-3-7-12(16)14-15-10-11-6-5-8-13(18-2)17(11)14/h5-6,8,10,12H,3-4,7,9H2,1-2H3. The summed E-state index contributed by atoms with van der Waals surface area (Å²) in [7, 11) is 3.89. The zero-order valence-corrected chi connectivity index (χ0v) is 11.0. The van der Waals surface area contributed by atoms with Crippen LogP contribution in [0.5, 0.6) is 5.88 Å². The van der Waals surface area contributed by atoms with Crippen LogP contribution >= 0.6 is 0 Å². The van der Waals surface area contributed by atoms with Gasteiger partial charge >= 0.3 is 0 Å². The van der Waals surface area contributed by atoms with Gasteiger partial charge in [-0.2, -0.15) is 0 Å². The number of rotatable bonds is 2. The van der Waals surface area contributed by atoms with Gasteiger partial charge in [0.15, 0.2) is 5.88 Å². The van der Waals surface area contributed by atoms with Crippen LogP contribution in [0.1, 0.15) is 31.1 Å². The molecule has 0 bridgehead atoms. The molecule has 1 fully saturated rings. The van der Waals surface area contributed by atoms with Crippen LogP contribution in [0.4, 0.5) is 0 Å². The van der Waals surface area contributed by atoms with E-state index in [4.69, 9.17) is 4.74 Å². The highest BCUT2D eigenvalue weighted by atomic mass is 16.5. The van der Waals surface area contributed by atoms with Crippen molar-refractivity contribution in [3.8, 4) is 5.88 Å². The molecule has 4 heteroatoms. The van der Waals surface area contributed by atoms with Crippen molar-refractivity contribution >= 4 is 5.52 Å². The second-order valence-corrected chi connectivity index (χ2v) is 4.94. The number of ether oxygens (including phenoxy) is 1. The Morgan fingerprint density at radius 2 is 2.22 bits per heavy atom. The van der Waals surface area contributed by atoms with Crippen molar-refractivity contribution in [3.63, 3.8) is 0 Å². The molecule has 1 atom stereocenters. The first-order valence-corrected chi connectivity index (χ1v) is 6.52. The Kier molecular flexibility index (Phi) is 2.96. The predicted molar refractivity (Wildman–Crippen MR) is 71.0 cm³/mol. The molecule has 18 heavy (non-hydrogen) atoms. The monoisotopic (exact) mass is 245 g/mol. The number of hydrogen-bond acceptors (Lipinski definition) is 3. The molecule has 3 rings (SSSR count). The summed E-state index contributed by atoms with van der Waals surface area (Å²) in [6.07, 6.45) is 5.67. The van der Waals surface area contributed by atoms with Gasteiger partial charge in [0.2, 0.25) is 0 Å². The average Bonchev–Trinajstić information content (AvgIpc) is 2.83. The van der Waals surface area contributed by atoms with E-state index in [9.17, 15) is 0 Å². The van der Waals surface area contributed by atoms with E-state index in [1.54, 1.807) is 7.11 Å². The van der Waals surface area contributed by atoms with E-state index < -0.39 is 0 Å². The summed E-state index contributed by atoms with van der Waals surface area (Å²) in [5, 5.41) is 0. The number of methoxy groups -OCH3 is 1. The number of pyridine rings is 1. The highest BCUT2D eigenvalue weighted by molar-refractivity contribution is 5.49. The van der Waals surface area contributed by atoms with Gasteiger partial charge in [0.1, 0.15) is 5.82 Å². The van der Waals surface area contributed by atoms with Crippen molar-refractivity contribution < 1.29 is 4.74 Å². The Labute approximate surface area is 107 Å². The van der Waals surface area contributed by atoms with Gasteiger partial charge in [0.05, 0.1) is 24.9 Å². The van der Waals surface area contributed by atoms with Crippen molar-refractivity contribution in [2.45, 2.75) is 25.3 Å². The quantitative estimate of drug-likeness (QED) is 0.814. The van der Waals surface area contributed by atoms with Crippen LogP contribution in [0.3, 0.4) is 0 Å². The zero-order valence-electron chi connectivity index (χ0n) is 11.0. The Morgan fingerprint density at radius 1 is 1.33 bits per heavy atom. The molecule has 0 radical (unpaired) electrons. The summed E-state index contributed by atoms with van der Waals surface area (Å²) >= 11 is 0. The minimum atomic E-state index is 0.401. The lowest BCUT2D eigenvalue weighted by Crippen LogP contribution is -2.31. The molecule has 1 saturated heterocycles. The normalized spacial score (nSPS) is 21.3. The minimum Gasteiger partial charge on any atom is -0.482 e. The molecule has 0 N–H and O–H groups in total. The minimum absolute atomic E-state index is 0.401. The molecule has 1 unspecified atom stereocenters. The zero-order chi connectivity index (χ0) is 12.5. The number of likely N-dealkylation sites (tertiary alicyclic amines) is 1. The molecule has 4 nitrogen and oxygen atoms in total. The number of fused-ring (bicyclic) bond motifs is 1. The molecule has 0 spiro atoms. The van der Waals surface area contributed by atoms with Crippen molar-refractivity contribution in [1.29, 1.82) is 0 Å². The summed E-state index contributed by atoms with van der Waals surface area (Å²) in [6, 6.07) is 6.46. The molecule has 0 saturated carbocycles. The largest absolute Gasteiger partial charge is 0.482 e. The van der Waals surface area contributed by atoms with Crippen molar-refractivity contribution in [2.24, 2.45) is 0 Å². The maximum atomic E-state index is 5.46. The molecular weight excluding hydrogens is 226 g/mol. The highest BCUT2D eigenvalue weighted by Crippen LogP contribution is 2.31. The fraction of sp³-hybridized carbons (Fsp3) is 0.500. The van der Waals surface area contributed by atoms with E-state index in [0.717, 1.165) is 23.8 Å². The van der Waals surface area contributed by atoms with E-state index in [0.29, 0.717) is 6.04 Å². The number of piperidine rings is 1. The third-order valence-electron chi connectivity index (χ3n) is 3.82. The molecule has 0 aliphatic carbocycles. The Hall–Kier alpha value is -1.55. The summed E-state index contributed by atoms with van der Waals surface area (Å²) in [5.41, 5.74) is 1.10. The van der Waals surface area contributed by atoms with Crippen LogP contribution in [0.15, 0.2) is 24.4 Å². The predicted octanol–water partition coefficient (Wildman–Crippen LogP) is 2.50. The second-order valence-electron chi connectivity index (χ2n) is 4.94. The van der Waals surface area contributed by atoms with Crippen LogP contribution in [0, 0.1) is 0 Å². The topological polar surface area (TPSA) is 29.8 Å². The van der Waals surface area contributed by atoms with Crippen molar-refractivity contribution in [1.82, 2.24) is 14.3 Å². The van der Waals surface area contributed by atoms with Gasteiger partial charge in [0, 0.05) is 0 Å². The van der Waals surface area contributed by atoms with Crippen molar-refractivity contribution in [3.05, 3.63) is 30.2 Å². The molecule has 96 valence electrons. The van der Waals surface area contributed by atoms with E-state index in [1.807, 2.05) is 18.3 Å².